The lowest BCUT2D eigenvalue weighted by atomic mass is 10.1. The highest BCUT2D eigenvalue weighted by Crippen LogP contribution is 2.61. The molecule has 0 heterocycles. The summed E-state index contributed by atoms with van der Waals surface area (Å²) < 4.78 is 109. The van der Waals surface area contributed by atoms with Gasteiger partial charge < -0.3 is 4.13 Å². The van der Waals surface area contributed by atoms with E-state index in [-0.39, 0.29) is 0 Å². The highest BCUT2D eigenvalue weighted by atomic mass is 32.3. The zero-order chi connectivity index (χ0) is 33.5. The Morgan fingerprint density at radius 2 is 0.791 bits per heavy atom. The van der Waals surface area contributed by atoms with Gasteiger partial charge >= 0.3 is 11.0 Å². The van der Waals surface area contributed by atoms with Crippen molar-refractivity contribution in [1.29, 1.82) is 0 Å². The highest BCUT2D eigenvalue weighted by Gasteiger charge is 2.47. The molecule has 43 heavy (non-hydrogen) atoms. The fraction of sp³-hybridized carbons (Fsp3) is 0.931. The van der Waals surface area contributed by atoms with Gasteiger partial charge in [-0.15, -0.1) is 0 Å². The van der Waals surface area contributed by atoms with Gasteiger partial charge in [-0.05, 0) is 38.5 Å². The van der Waals surface area contributed by atoms with Crippen LogP contribution in [0.15, 0.2) is 12.7 Å². The fourth-order valence-corrected chi connectivity index (χ4v) is 10.9. The van der Waals surface area contributed by atoms with Crippen LogP contribution < -0.4 is 0 Å². The molecule has 0 fully saturated rings. The van der Waals surface area contributed by atoms with Crippen LogP contribution in [-0.2, 0) is 20.0 Å². The number of halogens is 6. The van der Waals surface area contributed by atoms with Crippen LogP contribution in [0.25, 0.3) is 4.13 Å². The molecule has 14 heteroatoms. The number of alkyl halides is 6. The molecule has 0 saturated heterocycles. The maximum atomic E-state index is 11.4. The van der Waals surface area contributed by atoms with E-state index in [1.54, 1.807) is 18.5 Å². The summed E-state index contributed by atoms with van der Waals surface area (Å²) in [4.78, 5) is 0. The summed E-state index contributed by atoms with van der Waals surface area (Å²) in [5.41, 5.74) is -12.4. The van der Waals surface area contributed by atoms with E-state index in [4.69, 9.17) is 0 Å². The summed E-state index contributed by atoms with van der Waals surface area (Å²) in [5, 5.41) is 0. The Morgan fingerprint density at radius 3 is 1.02 bits per heavy atom. The first-order valence-corrected chi connectivity index (χ1v) is 21.2. The van der Waals surface area contributed by atoms with Crippen LogP contribution in [0.2, 0.25) is 0 Å². The van der Waals surface area contributed by atoms with Crippen LogP contribution in [0.3, 0.4) is 0 Å². The van der Waals surface area contributed by atoms with Crippen molar-refractivity contribution in [1.82, 2.24) is 0 Å². The van der Waals surface area contributed by atoms with Crippen molar-refractivity contribution in [3.63, 3.8) is 0 Å². The molecule has 260 valence electrons. The molecule has 0 aromatic heterocycles. The minimum absolute atomic E-state index is 0.778. The molecule has 0 rings (SSSR count). The third-order valence-corrected chi connectivity index (χ3v) is 14.8. The number of rotatable bonds is 25. The minimum atomic E-state index is -6.72. The molecule has 0 amide bonds. The van der Waals surface area contributed by atoms with E-state index in [9.17, 15) is 43.2 Å². The summed E-state index contributed by atoms with van der Waals surface area (Å²) in [6.45, 7) is 11.1. The monoisotopic (exact) mass is 691 g/mol. The summed E-state index contributed by atoms with van der Waals surface area (Å²) in [7, 11) is -14.2. The lowest BCUT2D eigenvalue weighted by Crippen LogP contribution is -2.30. The van der Waals surface area contributed by atoms with Gasteiger partial charge in [0.05, 0.1) is 24.6 Å². The number of hydrogen-bond acceptors (Lipinski definition) is 4. The molecule has 0 aliphatic carbocycles. The molecule has 0 unspecified atom stereocenters. The van der Waals surface area contributed by atoms with Crippen molar-refractivity contribution < 1.29 is 43.2 Å². The molecular weight excluding hydrogens is 635 g/mol. The summed E-state index contributed by atoms with van der Waals surface area (Å²) in [6.07, 6.45) is 34.4. The van der Waals surface area contributed by atoms with E-state index in [1.807, 2.05) is 0 Å². The standard InChI is InChI=1S/C27H56P.C2F6NO4S2/c1-5-9-12-15-18-21-25-28(24-8-4,26-22-19-16-13-10-6-2)27-23-20-17-14-11-7-3;3-1(4,5)14(10,11)9-15(12,13)2(6,7)8/h8H,4-7,9-27H2,1-3H3;/q+1;-1. The van der Waals surface area contributed by atoms with Gasteiger partial charge in [0, 0.05) is 7.26 Å². The maximum absolute atomic E-state index is 11.4. The highest BCUT2D eigenvalue weighted by molar-refractivity contribution is 8.13. The van der Waals surface area contributed by atoms with Gasteiger partial charge in [-0.3, -0.25) is 0 Å². The van der Waals surface area contributed by atoms with Crippen LogP contribution in [0.5, 0.6) is 0 Å². The molecule has 0 aromatic rings. The second-order valence-electron chi connectivity index (χ2n) is 11.2. The number of sulfonamides is 2. The quantitative estimate of drug-likeness (QED) is 0.0413. The topological polar surface area (TPSA) is 82.4 Å². The predicted molar refractivity (Wildman–Crippen MR) is 170 cm³/mol. The van der Waals surface area contributed by atoms with Gasteiger partial charge in [-0.1, -0.05) is 110 Å². The van der Waals surface area contributed by atoms with Gasteiger partial charge in [-0.2, -0.15) is 26.3 Å². The average molecular weight is 692 g/mol. The molecule has 0 bridgehead atoms. The van der Waals surface area contributed by atoms with Gasteiger partial charge in [-0.25, -0.2) is 16.8 Å². The number of nitrogens with zero attached hydrogens (tertiary/aromatic N) is 1. The molecule has 5 nitrogen and oxygen atoms in total. The Morgan fingerprint density at radius 1 is 0.535 bits per heavy atom. The Labute approximate surface area is 258 Å². The Hall–Kier alpha value is -0.390. The van der Waals surface area contributed by atoms with Crippen molar-refractivity contribution in [2.45, 2.75) is 147 Å². The molecule has 0 radical (unpaired) electrons. The molecule has 0 N–H and O–H groups in total. The SMILES string of the molecule is C=CC[P+](CCCCCCCC)(CCCCCCCC)CCCCCCCC.O=S(=O)([N-]S(=O)(=O)C(F)(F)F)C(F)(F)F. The van der Waals surface area contributed by atoms with E-state index in [1.165, 1.54) is 122 Å². The molecule has 0 atom stereocenters. The third-order valence-electron chi connectivity index (χ3n) is 7.26. The van der Waals surface area contributed by atoms with E-state index in [2.05, 4.69) is 33.4 Å². The molecule has 0 spiro atoms. The van der Waals surface area contributed by atoms with Gasteiger partial charge in [0.25, 0.3) is 0 Å². The van der Waals surface area contributed by atoms with Crippen molar-refractivity contribution in [2.75, 3.05) is 24.6 Å². The van der Waals surface area contributed by atoms with E-state index in [0.717, 1.165) is 4.13 Å². The Kier molecular flexibility index (Phi) is 24.8. The minimum Gasteiger partial charge on any atom is -0.421 e. The van der Waals surface area contributed by atoms with E-state index >= 15 is 0 Å². The van der Waals surface area contributed by atoms with E-state index in [0.29, 0.717) is 0 Å². The van der Waals surface area contributed by atoms with Crippen molar-refractivity contribution in [3.05, 3.63) is 16.8 Å². The van der Waals surface area contributed by atoms with Crippen LogP contribution >= 0.6 is 7.26 Å². The van der Waals surface area contributed by atoms with Crippen LogP contribution in [0, 0.1) is 0 Å². The Balaban J connectivity index is 0. The first kappa shape index (κ1) is 44.7. The fourth-order valence-electron chi connectivity index (χ4n) is 4.78. The first-order valence-electron chi connectivity index (χ1n) is 15.8. The molecular formula is C29H56F6NO4PS2. The van der Waals surface area contributed by atoms with Crippen molar-refractivity contribution in [3.8, 4) is 0 Å². The van der Waals surface area contributed by atoms with Gasteiger partial charge in [0.2, 0.25) is 0 Å². The summed E-state index contributed by atoms with van der Waals surface area (Å²) in [5.74, 6) is 0. The van der Waals surface area contributed by atoms with Gasteiger partial charge in [0.15, 0.2) is 20.0 Å². The van der Waals surface area contributed by atoms with E-state index < -0.39 is 38.3 Å². The van der Waals surface area contributed by atoms with Gasteiger partial charge in [0.1, 0.15) is 0 Å². The average Bonchev–Trinajstić information content (AvgIpc) is 2.89. The van der Waals surface area contributed by atoms with Crippen molar-refractivity contribution in [2.24, 2.45) is 0 Å². The zero-order valence-electron chi connectivity index (χ0n) is 26.5. The number of allylic oxidation sites excluding steroid dienone is 1. The second-order valence-corrected chi connectivity index (χ2v) is 19.0. The smallest absolute Gasteiger partial charge is 0.421 e. The predicted octanol–water partition coefficient (Wildman–Crippen LogP) is 11.3. The number of hydrogen-bond donors (Lipinski definition) is 0. The lowest BCUT2D eigenvalue weighted by molar-refractivity contribution is -0.0444. The second kappa shape index (κ2) is 23.9. The van der Waals surface area contributed by atoms with Crippen LogP contribution in [0.1, 0.15) is 136 Å². The zero-order valence-corrected chi connectivity index (χ0v) is 29.0. The third kappa shape index (κ3) is 21.9. The van der Waals surface area contributed by atoms with Crippen molar-refractivity contribution >= 4 is 27.3 Å². The molecule has 0 saturated carbocycles. The molecule has 0 aromatic carbocycles. The first-order chi connectivity index (χ1) is 19.9. The Bertz CT molecular complexity index is 828. The lowest BCUT2D eigenvalue weighted by Gasteiger charge is -2.27. The van der Waals surface area contributed by atoms with Crippen LogP contribution in [0.4, 0.5) is 26.3 Å². The molecule has 0 aliphatic heterocycles. The number of unbranched alkanes of at least 4 members (excludes halogenated alkanes) is 15. The summed E-state index contributed by atoms with van der Waals surface area (Å²) >= 11 is 0. The van der Waals surface area contributed by atoms with Crippen LogP contribution in [-0.4, -0.2) is 52.5 Å². The molecule has 0 aliphatic rings. The largest absolute Gasteiger partial charge is 0.480 e. The summed E-state index contributed by atoms with van der Waals surface area (Å²) in [6, 6.07) is 0. The maximum Gasteiger partial charge on any atom is 0.480 e. The normalized spacial score (nSPS) is 13.0.